The van der Waals surface area contributed by atoms with Crippen molar-refractivity contribution in [1.29, 1.82) is 0 Å². The minimum Gasteiger partial charge on any atom is -0.497 e. The van der Waals surface area contributed by atoms with Gasteiger partial charge in [0, 0.05) is 25.1 Å². The molecule has 6 nitrogen and oxygen atoms in total. The number of hydrogen-bond donors (Lipinski definition) is 1. The van der Waals surface area contributed by atoms with Crippen LogP contribution in [-0.2, 0) is 11.2 Å². The summed E-state index contributed by atoms with van der Waals surface area (Å²) in [6.45, 7) is 2.61. The number of nitro benzene ring substituents is 1. The molecule has 0 fully saturated rings. The summed E-state index contributed by atoms with van der Waals surface area (Å²) in [6.07, 6.45) is 1.90. The van der Waals surface area contributed by atoms with Gasteiger partial charge < -0.3 is 10.1 Å². The number of nitro groups is 1. The van der Waals surface area contributed by atoms with Gasteiger partial charge in [0.25, 0.3) is 5.69 Å². The molecule has 1 amide bonds. The molecule has 0 bridgehead atoms. The lowest BCUT2D eigenvalue weighted by atomic mass is 9.96. The lowest BCUT2D eigenvalue weighted by Crippen LogP contribution is -2.25. The van der Waals surface area contributed by atoms with E-state index in [0.29, 0.717) is 19.4 Å². The second kappa shape index (κ2) is 9.56. The molecule has 138 valence electrons. The van der Waals surface area contributed by atoms with E-state index in [1.807, 2.05) is 31.2 Å². The van der Waals surface area contributed by atoms with E-state index < -0.39 is 4.92 Å². The minimum atomic E-state index is -0.412. The van der Waals surface area contributed by atoms with Crippen molar-refractivity contribution >= 4 is 11.6 Å². The number of amides is 1. The van der Waals surface area contributed by atoms with Gasteiger partial charge in [-0.05, 0) is 42.0 Å². The number of hydrogen-bond acceptors (Lipinski definition) is 4. The molecule has 0 aliphatic heterocycles. The van der Waals surface area contributed by atoms with Crippen molar-refractivity contribution < 1.29 is 14.5 Å². The van der Waals surface area contributed by atoms with Gasteiger partial charge in [0.2, 0.25) is 5.91 Å². The Morgan fingerprint density at radius 1 is 1.15 bits per heavy atom. The summed E-state index contributed by atoms with van der Waals surface area (Å²) in [5.74, 6) is 1.01. The van der Waals surface area contributed by atoms with Gasteiger partial charge >= 0.3 is 0 Å². The van der Waals surface area contributed by atoms with Gasteiger partial charge in [-0.25, -0.2) is 0 Å². The van der Waals surface area contributed by atoms with Crippen LogP contribution in [0.15, 0.2) is 48.5 Å². The summed E-state index contributed by atoms with van der Waals surface area (Å²) in [6, 6.07) is 14.3. The van der Waals surface area contributed by atoms with Crippen LogP contribution in [-0.4, -0.2) is 24.5 Å². The van der Waals surface area contributed by atoms with Gasteiger partial charge in [0.1, 0.15) is 5.75 Å². The SMILES string of the molecule is COc1ccc(CCNC(=O)CCC(C)c2ccc([N+](=O)[O-])cc2)cc1. The molecule has 0 saturated heterocycles. The molecular weight excluding hydrogens is 332 g/mol. The number of carbonyl (C=O) groups is 1. The predicted molar refractivity (Wildman–Crippen MR) is 100 cm³/mol. The second-order valence-corrected chi connectivity index (χ2v) is 6.24. The van der Waals surface area contributed by atoms with Crippen LogP contribution in [0.5, 0.6) is 5.75 Å². The average Bonchev–Trinajstić information content (AvgIpc) is 2.66. The fraction of sp³-hybridized carbons (Fsp3) is 0.350. The van der Waals surface area contributed by atoms with Gasteiger partial charge in [-0.1, -0.05) is 31.2 Å². The molecule has 2 aromatic carbocycles. The van der Waals surface area contributed by atoms with Crippen LogP contribution in [0.4, 0.5) is 5.69 Å². The van der Waals surface area contributed by atoms with E-state index in [-0.39, 0.29) is 17.5 Å². The average molecular weight is 356 g/mol. The van der Waals surface area contributed by atoms with Crippen molar-refractivity contribution in [3.63, 3.8) is 0 Å². The van der Waals surface area contributed by atoms with Crippen LogP contribution in [0.3, 0.4) is 0 Å². The molecule has 1 unspecified atom stereocenters. The molecule has 0 radical (unpaired) electrons. The zero-order valence-electron chi connectivity index (χ0n) is 15.1. The van der Waals surface area contributed by atoms with Crippen molar-refractivity contribution in [2.75, 3.05) is 13.7 Å². The lowest BCUT2D eigenvalue weighted by molar-refractivity contribution is -0.384. The molecule has 26 heavy (non-hydrogen) atoms. The van der Waals surface area contributed by atoms with E-state index in [0.717, 1.165) is 23.3 Å². The fourth-order valence-electron chi connectivity index (χ4n) is 2.67. The number of ether oxygens (including phenoxy) is 1. The first-order chi connectivity index (χ1) is 12.5. The van der Waals surface area contributed by atoms with Crippen molar-refractivity contribution in [2.24, 2.45) is 0 Å². The van der Waals surface area contributed by atoms with Crippen LogP contribution >= 0.6 is 0 Å². The highest BCUT2D eigenvalue weighted by atomic mass is 16.6. The number of methoxy groups -OCH3 is 1. The monoisotopic (exact) mass is 356 g/mol. The van der Waals surface area contributed by atoms with E-state index in [9.17, 15) is 14.9 Å². The third-order valence-corrected chi connectivity index (χ3v) is 4.37. The topological polar surface area (TPSA) is 81.5 Å². The van der Waals surface area contributed by atoms with Crippen molar-refractivity contribution in [3.8, 4) is 5.75 Å². The maximum absolute atomic E-state index is 12.0. The third-order valence-electron chi connectivity index (χ3n) is 4.37. The maximum Gasteiger partial charge on any atom is 0.269 e. The van der Waals surface area contributed by atoms with E-state index in [1.54, 1.807) is 19.2 Å². The Hall–Kier alpha value is -2.89. The largest absolute Gasteiger partial charge is 0.497 e. The van der Waals surface area contributed by atoms with Gasteiger partial charge in [-0.3, -0.25) is 14.9 Å². The highest BCUT2D eigenvalue weighted by molar-refractivity contribution is 5.75. The third kappa shape index (κ3) is 5.88. The van der Waals surface area contributed by atoms with Crippen LogP contribution < -0.4 is 10.1 Å². The number of nitrogens with zero attached hydrogens (tertiary/aromatic N) is 1. The summed E-state index contributed by atoms with van der Waals surface area (Å²) in [7, 11) is 1.63. The molecule has 1 N–H and O–H groups in total. The molecule has 0 heterocycles. The second-order valence-electron chi connectivity index (χ2n) is 6.24. The van der Waals surface area contributed by atoms with Crippen molar-refractivity contribution in [1.82, 2.24) is 5.32 Å². The van der Waals surface area contributed by atoms with Crippen LogP contribution in [0.25, 0.3) is 0 Å². The number of rotatable bonds is 9. The van der Waals surface area contributed by atoms with Crippen LogP contribution in [0, 0.1) is 10.1 Å². The van der Waals surface area contributed by atoms with E-state index in [2.05, 4.69) is 5.32 Å². The van der Waals surface area contributed by atoms with Crippen LogP contribution in [0.2, 0.25) is 0 Å². The van der Waals surface area contributed by atoms with Gasteiger partial charge in [0.15, 0.2) is 0 Å². The zero-order chi connectivity index (χ0) is 18.9. The summed E-state index contributed by atoms with van der Waals surface area (Å²) in [5, 5.41) is 13.6. The number of carbonyl (C=O) groups excluding carboxylic acids is 1. The molecule has 0 spiro atoms. The standard InChI is InChI=1S/C20H24N2O4/c1-15(17-6-8-18(9-7-17)22(24)25)3-12-20(23)21-14-13-16-4-10-19(26-2)11-5-16/h4-11,15H,3,12-14H2,1-2H3,(H,21,23). The molecule has 2 aromatic rings. The smallest absolute Gasteiger partial charge is 0.269 e. The van der Waals surface area contributed by atoms with E-state index >= 15 is 0 Å². The van der Waals surface area contributed by atoms with Crippen LogP contribution in [0.1, 0.15) is 36.8 Å². The molecule has 1 atom stereocenters. The first-order valence-corrected chi connectivity index (χ1v) is 8.63. The van der Waals surface area contributed by atoms with Gasteiger partial charge in [-0.15, -0.1) is 0 Å². The lowest BCUT2D eigenvalue weighted by Gasteiger charge is -2.12. The first kappa shape index (κ1) is 19.4. The Bertz CT molecular complexity index is 726. The Morgan fingerprint density at radius 2 is 1.81 bits per heavy atom. The van der Waals surface area contributed by atoms with Gasteiger partial charge in [0.05, 0.1) is 12.0 Å². The minimum absolute atomic E-state index is 0.0206. The quantitative estimate of drug-likeness (QED) is 0.546. The molecular formula is C20H24N2O4. The molecule has 6 heteroatoms. The number of benzene rings is 2. The molecule has 0 saturated carbocycles. The van der Waals surface area contributed by atoms with Crippen molar-refractivity contribution in [2.45, 2.75) is 32.1 Å². The fourth-order valence-corrected chi connectivity index (χ4v) is 2.67. The highest BCUT2D eigenvalue weighted by Gasteiger charge is 2.11. The maximum atomic E-state index is 12.0. The summed E-state index contributed by atoms with van der Waals surface area (Å²) in [4.78, 5) is 22.3. The normalized spacial score (nSPS) is 11.6. The van der Waals surface area contributed by atoms with E-state index in [1.165, 1.54) is 12.1 Å². The summed E-state index contributed by atoms with van der Waals surface area (Å²) in [5.41, 5.74) is 2.23. The first-order valence-electron chi connectivity index (χ1n) is 8.63. The Kier molecular flexibility index (Phi) is 7.14. The summed E-state index contributed by atoms with van der Waals surface area (Å²) >= 11 is 0. The number of non-ortho nitro benzene ring substituents is 1. The zero-order valence-corrected chi connectivity index (χ0v) is 15.1. The highest BCUT2D eigenvalue weighted by Crippen LogP contribution is 2.23. The molecule has 0 aliphatic rings. The Balaban J connectivity index is 1.71. The van der Waals surface area contributed by atoms with Crippen molar-refractivity contribution in [3.05, 3.63) is 69.8 Å². The Morgan fingerprint density at radius 3 is 2.38 bits per heavy atom. The molecule has 0 aliphatic carbocycles. The Labute approximate surface area is 153 Å². The summed E-state index contributed by atoms with van der Waals surface area (Å²) < 4.78 is 5.12. The van der Waals surface area contributed by atoms with E-state index in [4.69, 9.17) is 4.74 Å². The predicted octanol–water partition coefficient (Wildman–Crippen LogP) is 3.85. The van der Waals surface area contributed by atoms with Gasteiger partial charge in [-0.2, -0.15) is 0 Å². The molecule has 2 rings (SSSR count). The molecule has 0 aromatic heterocycles. The number of nitrogens with one attached hydrogen (secondary N) is 1.